The lowest BCUT2D eigenvalue weighted by molar-refractivity contribution is 0.0997. The van der Waals surface area contributed by atoms with E-state index in [0.29, 0.717) is 35.9 Å². The summed E-state index contributed by atoms with van der Waals surface area (Å²) in [4.78, 5) is 16.4. The SMILES string of the molecule is O=C(Nc1ccc(OCCn2ccnc2)cc1)c1ccc(-c2ccccc2F)o1. The monoisotopic (exact) mass is 391 g/mol. The highest BCUT2D eigenvalue weighted by molar-refractivity contribution is 6.02. The molecule has 0 aliphatic rings. The molecule has 4 rings (SSSR count). The highest BCUT2D eigenvalue weighted by Crippen LogP contribution is 2.25. The van der Waals surface area contributed by atoms with E-state index in [9.17, 15) is 9.18 Å². The predicted molar refractivity (Wildman–Crippen MR) is 106 cm³/mol. The molecule has 0 saturated heterocycles. The number of rotatable bonds is 7. The Morgan fingerprint density at radius 1 is 1.10 bits per heavy atom. The lowest BCUT2D eigenvalue weighted by atomic mass is 10.1. The van der Waals surface area contributed by atoms with Crippen molar-refractivity contribution in [2.24, 2.45) is 0 Å². The van der Waals surface area contributed by atoms with Crippen molar-refractivity contribution in [3.8, 4) is 17.1 Å². The van der Waals surface area contributed by atoms with Gasteiger partial charge in [0, 0.05) is 18.1 Å². The van der Waals surface area contributed by atoms with Crippen molar-refractivity contribution in [2.75, 3.05) is 11.9 Å². The van der Waals surface area contributed by atoms with Crippen LogP contribution in [0.15, 0.2) is 83.8 Å². The number of furan rings is 1. The van der Waals surface area contributed by atoms with Gasteiger partial charge in [-0.3, -0.25) is 4.79 Å². The third kappa shape index (κ3) is 4.52. The Labute approximate surface area is 166 Å². The van der Waals surface area contributed by atoms with E-state index < -0.39 is 11.7 Å². The number of aromatic nitrogens is 2. The standard InChI is InChI=1S/C22H18FN3O3/c23-19-4-2-1-3-18(19)20-9-10-21(29-20)22(27)25-16-5-7-17(8-6-16)28-14-13-26-12-11-24-15-26/h1-12,15H,13-14H2,(H,25,27). The van der Waals surface area contributed by atoms with Gasteiger partial charge in [0.15, 0.2) is 5.76 Å². The number of hydrogen-bond acceptors (Lipinski definition) is 4. The van der Waals surface area contributed by atoms with Crippen molar-refractivity contribution in [2.45, 2.75) is 6.54 Å². The first-order valence-electron chi connectivity index (χ1n) is 9.04. The van der Waals surface area contributed by atoms with Gasteiger partial charge >= 0.3 is 0 Å². The van der Waals surface area contributed by atoms with Gasteiger partial charge < -0.3 is 19.0 Å². The van der Waals surface area contributed by atoms with Crippen LogP contribution in [0.2, 0.25) is 0 Å². The van der Waals surface area contributed by atoms with Crippen LogP contribution in [0.3, 0.4) is 0 Å². The van der Waals surface area contributed by atoms with Gasteiger partial charge in [-0.2, -0.15) is 0 Å². The third-order valence-electron chi connectivity index (χ3n) is 4.26. The molecule has 1 amide bonds. The zero-order chi connectivity index (χ0) is 20.1. The van der Waals surface area contributed by atoms with Crippen molar-refractivity contribution in [1.82, 2.24) is 9.55 Å². The Morgan fingerprint density at radius 2 is 1.93 bits per heavy atom. The summed E-state index contributed by atoms with van der Waals surface area (Å²) in [5.41, 5.74) is 0.907. The topological polar surface area (TPSA) is 69.3 Å². The molecule has 0 fully saturated rings. The predicted octanol–water partition coefficient (Wildman–Crippen LogP) is 4.61. The maximum absolute atomic E-state index is 13.9. The summed E-state index contributed by atoms with van der Waals surface area (Å²) in [6.07, 6.45) is 5.32. The Morgan fingerprint density at radius 3 is 2.69 bits per heavy atom. The number of ether oxygens (including phenoxy) is 1. The van der Waals surface area contributed by atoms with E-state index in [0.717, 1.165) is 0 Å². The zero-order valence-corrected chi connectivity index (χ0v) is 15.4. The van der Waals surface area contributed by atoms with E-state index in [4.69, 9.17) is 9.15 Å². The third-order valence-corrected chi connectivity index (χ3v) is 4.26. The number of benzene rings is 2. The van der Waals surface area contributed by atoms with Crippen LogP contribution in [0, 0.1) is 5.82 Å². The normalized spacial score (nSPS) is 10.7. The molecule has 0 aliphatic carbocycles. The van der Waals surface area contributed by atoms with Crippen LogP contribution in [-0.2, 0) is 6.54 Å². The minimum absolute atomic E-state index is 0.101. The van der Waals surface area contributed by atoms with E-state index in [1.54, 1.807) is 61.1 Å². The molecule has 29 heavy (non-hydrogen) atoms. The van der Waals surface area contributed by atoms with Crippen molar-refractivity contribution < 1.29 is 18.3 Å². The maximum atomic E-state index is 13.9. The van der Waals surface area contributed by atoms with Gasteiger partial charge in [0.1, 0.15) is 23.9 Å². The van der Waals surface area contributed by atoms with Crippen LogP contribution in [-0.4, -0.2) is 22.1 Å². The number of halogens is 1. The van der Waals surface area contributed by atoms with Gasteiger partial charge in [-0.15, -0.1) is 0 Å². The van der Waals surface area contributed by atoms with Crippen molar-refractivity contribution >= 4 is 11.6 Å². The molecular formula is C22H18FN3O3. The number of carbonyl (C=O) groups excluding carboxylic acids is 1. The lowest BCUT2D eigenvalue weighted by Crippen LogP contribution is -2.11. The first kappa shape index (κ1) is 18.5. The largest absolute Gasteiger partial charge is 0.492 e. The van der Waals surface area contributed by atoms with Crippen LogP contribution in [0.5, 0.6) is 5.75 Å². The number of carbonyl (C=O) groups is 1. The van der Waals surface area contributed by atoms with E-state index in [2.05, 4.69) is 10.3 Å². The highest BCUT2D eigenvalue weighted by Gasteiger charge is 2.14. The second-order valence-electron chi connectivity index (χ2n) is 6.27. The first-order chi connectivity index (χ1) is 14.2. The van der Waals surface area contributed by atoms with E-state index in [1.165, 1.54) is 12.1 Å². The van der Waals surface area contributed by atoms with Gasteiger partial charge in [-0.05, 0) is 48.5 Å². The molecule has 1 N–H and O–H groups in total. The number of hydrogen-bond donors (Lipinski definition) is 1. The average molecular weight is 391 g/mol. The van der Waals surface area contributed by atoms with Crippen LogP contribution >= 0.6 is 0 Å². The molecular weight excluding hydrogens is 373 g/mol. The van der Waals surface area contributed by atoms with E-state index >= 15 is 0 Å². The fourth-order valence-electron chi connectivity index (χ4n) is 2.78. The lowest BCUT2D eigenvalue weighted by Gasteiger charge is -2.08. The van der Waals surface area contributed by atoms with Crippen molar-refractivity contribution in [3.63, 3.8) is 0 Å². The molecule has 0 unspecified atom stereocenters. The number of nitrogens with zero attached hydrogens (tertiary/aromatic N) is 2. The molecule has 0 saturated carbocycles. The summed E-state index contributed by atoms with van der Waals surface area (Å²) in [6.45, 7) is 1.20. The van der Waals surface area contributed by atoms with Crippen LogP contribution in [0.25, 0.3) is 11.3 Å². The number of nitrogens with one attached hydrogen (secondary N) is 1. The van der Waals surface area contributed by atoms with Crippen molar-refractivity contribution in [1.29, 1.82) is 0 Å². The number of anilines is 1. The Hall–Kier alpha value is -3.87. The molecule has 0 spiro atoms. The Balaban J connectivity index is 1.34. The Bertz CT molecular complexity index is 1090. The van der Waals surface area contributed by atoms with Gasteiger partial charge in [0.05, 0.1) is 18.4 Å². The molecule has 2 aromatic carbocycles. The summed E-state index contributed by atoms with van der Waals surface area (Å²) in [7, 11) is 0. The molecule has 6 nitrogen and oxygen atoms in total. The summed E-state index contributed by atoms with van der Waals surface area (Å²) >= 11 is 0. The van der Waals surface area contributed by atoms with Gasteiger partial charge in [-0.1, -0.05) is 12.1 Å². The molecule has 0 aliphatic heterocycles. The summed E-state index contributed by atoms with van der Waals surface area (Å²) in [5, 5.41) is 2.75. The molecule has 2 aromatic heterocycles. The quantitative estimate of drug-likeness (QED) is 0.499. The summed E-state index contributed by atoms with van der Waals surface area (Å²) in [5.74, 6) is 0.278. The first-order valence-corrected chi connectivity index (χ1v) is 9.04. The smallest absolute Gasteiger partial charge is 0.291 e. The summed E-state index contributed by atoms with van der Waals surface area (Å²) in [6, 6.07) is 16.4. The molecule has 0 radical (unpaired) electrons. The minimum Gasteiger partial charge on any atom is -0.492 e. The molecule has 0 bridgehead atoms. The fraction of sp³-hybridized carbons (Fsp3) is 0.0909. The van der Waals surface area contributed by atoms with Gasteiger partial charge in [0.25, 0.3) is 5.91 Å². The van der Waals surface area contributed by atoms with E-state index in [-0.39, 0.29) is 5.76 Å². The Kier molecular flexibility index (Phi) is 5.38. The second kappa shape index (κ2) is 8.43. The van der Waals surface area contributed by atoms with Crippen LogP contribution in [0.4, 0.5) is 10.1 Å². The molecule has 7 heteroatoms. The van der Waals surface area contributed by atoms with Crippen molar-refractivity contribution in [3.05, 3.63) is 91.0 Å². The van der Waals surface area contributed by atoms with Gasteiger partial charge in [-0.25, -0.2) is 9.37 Å². The minimum atomic E-state index is -0.415. The molecule has 4 aromatic rings. The molecule has 0 atom stereocenters. The van der Waals surface area contributed by atoms with E-state index in [1.807, 2.05) is 10.8 Å². The van der Waals surface area contributed by atoms with Crippen LogP contribution in [0.1, 0.15) is 10.6 Å². The van der Waals surface area contributed by atoms with Gasteiger partial charge in [0.2, 0.25) is 0 Å². The number of imidazole rings is 1. The molecule has 2 heterocycles. The summed E-state index contributed by atoms with van der Waals surface area (Å²) < 4.78 is 27.0. The average Bonchev–Trinajstić information content (AvgIpc) is 3.42. The maximum Gasteiger partial charge on any atom is 0.291 e. The second-order valence-corrected chi connectivity index (χ2v) is 6.27. The fourth-order valence-corrected chi connectivity index (χ4v) is 2.78. The zero-order valence-electron chi connectivity index (χ0n) is 15.4. The highest BCUT2D eigenvalue weighted by atomic mass is 19.1. The molecule has 146 valence electrons. The number of amides is 1. The van der Waals surface area contributed by atoms with Crippen LogP contribution < -0.4 is 10.1 Å².